The van der Waals surface area contributed by atoms with Gasteiger partial charge in [0.2, 0.25) is 0 Å². The van der Waals surface area contributed by atoms with E-state index in [1.165, 1.54) is 6.08 Å². The number of carbonyl (C=O) groups is 1. The topological polar surface area (TPSA) is 51.2 Å². The molecule has 0 aliphatic carbocycles. The Hall–Kier alpha value is -1.61. The lowest BCUT2D eigenvalue weighted by Crippen LogP contribution is -2.51. The quantitative estimate of drug-likeness (QED) is 0.625. The zero-order chi connectivity index (χ0) is 22.5. The molecular weight excluding hydrogens is 393 g/mol. The third kappa shape index (κ3) is 4.67. The molecule has 1 fully saturated rings. The number of nitrogens with zero attached hydrogens (tertiary/aromatic N) is 2. The zero-order valence-corrected chi connectivity index (χ0v) is 19.1. The Kier molecular flexibility index (Phi) is 5.78. The first kappa shape index (κ1) is 23.1. The molecule has 0 bridgehead atoms. The van der Waals surface area contributed by atoms with E-state index in [0.29, 0.717) is 19.5 Å². The van der Waals surface area contributed by atoms with E-state index in [1.54, 1.807) is 25.7 Å². The molecule has 3 aliphatic heterocycles. The van der Waals surface area contributed by atoms with Gasteiger partial charge in [0, 0.05) is 19.6 Å². The maximum atomic E-state index is 14.9. The summed E-state index contributed by atoms with van der Waals surface area (Å²) in [6.07, 6.45) is 3.21. The average molecular weight is 426 g/mol. The molecule has 0 radical (unpaired) electrons. The maximum absolute atomic E-state index is 14.9. The summed E-state index contributed by atoms with van der Waals surface area (Å²) in [6.45, 7) is 13.3. The fourth-order valence-corrected chi connectivity index (χ4v) is 3.67. The van der Waals surface area contributed by atoms with Crippen LogP contribution in [0.25, 0.3) is 0 Å². The Bertz CT molecular complexity index is 743. The first-order chi connectivity index (χ1) is 13.6. The van der Waals surface area contributed by atoms with E-state index in [9.17, 15) is 13.6 Å². The summed E-state index contributed by atoms with van der Waals surface area (Å²) in [6, 6.07) is 0. The van der Waals surface area contributed by atoms with Gasteiger partial charge in [-0.15, -0.1) is 0 Å². The number of amides is 1. The molecule has 168 valence electrons. The Morgan fingerprint density at radius 3 is 2.17 bits per heavy atom. The van der Waals surface area contributed by atoms with Gasteiger partial charge in [0.05, 0.1) is 23.4 Å². The van der Waals surface area contributed by atoms with Gasteiger partial charge in [-0.05, 0) is 66.4 Å². The van der Waals surface area contributed by atoms with E-state index in [0.717, 1.165) is 10.4 Å². The van der Waals surface area contributed by atoms with Gasteiger partial charge in [-0.3, -0.25) is 4.90 Å². The average Bonchev–Trinajstić information content (AvgIpc) is 2.80. The van der Waals surface area contributed by atoms with E-state index in [2.05, 4.69) is 0 Å². The van der Waals surface area contributed by atoms with E-state index < -0.39 is 42.5 Å². The summed E-state index contributed by atoms with van der Waals surface area (Å²) >= 11 is 0. The van der Waals surface area contributed by atoms with Crippen molar-refractivity contribution in [2.24, 2.45) is 0 Å². The Morgan fingerprint density at radius 1 is 1.10 bits per heavy atom. The number of rotatable bonds is 2. The summed E-state index contributed by atoms with van der Waals surface area (Å²) in [7, 11) is -0.444. The van der Waals surface area contributed by atoms with Crippen LogP contribution < -0.4 is 0 Å². The van der Waals surface area contributed by atoms with Crippen molar-refractivity contribution in [3.63, 3.8) is 0 Å². The van der Waals surface area contributed by atoms with Crippen LogP contribution in [0, 0.1) is 0 Å². The van der Waals surface area contributed by atoms with Crippen LogP contribution >= 0.6 is 0 Å². The highest BCUT2D eigenvalue weighted by atomic mass is 19.3. The number of alkyl halides is 2. The van der Waals surface area contributed by atoms with E-state index >= 15 is 0 Å². The highest BCUT2D eigenvalue weighted by Crippen LogP contribution is 2.40. The van der Waals surface area contributed by atoms with Crippen molar-refractivity contribution in [2.75, 3.05) is 26.2 Å². The highest BCUT2D eigenvalue weighted by Gasteiger charge is 2.53. The lowest BCUT2D eigenvalue weighted by atomic mass is 9.74. The van der Waals surface area contributed by atoms with Crippen molar-refractivity contribution in [1.82, 2.24) is 9.80 Å². The SMILES string of the molecule is CC(C)(C)OC(=O)N1CC=C(N2CC=C(B3OC(C)(C)C(C)(C)O3)CC2)C(F)(F)C1. The highest BCUT2D eigenvalue weighted by molar-refractivity contribution is 6.54. The fraction of sp³-hybridized carbons (Fsp3) is 0.762. The third-order valence-electron chi connectivity index (χ3n) is 6.06. The van der Waals surface area contributed by atoms with Crippen LogP contribution in [0.15, 0.2) is 23.3 Å². The number of hydrogen-bond donors (Lipinski definition) is 0. The third-order valence-corrected chi connectivity index (χ3v) is 6.06. The minimum absolute atomic E-state index is 0.0356. The molecule has 3 heterocycles. The Morgan fingerprint density at radius 2 is 1.70 bits per heavy atom. The number of carbonyl (C=O) groups excluding carboxylic acids is 1. The maximum Gasteiger partial charge on any atom is 0.490 e. The van der Waals surface area contributed by atoms with Gasteiger partial charge in [-0.2, -0.15) is 8.78 Å². The number of ether oxygens (including phenoxy) is 1. The van der Waals surface area contributed by atoms with Gasteiger partial charge in [-0.1, -0.05) is 6.08 Å². The molecule has 0 N–H and O–H groups in total. The molecule has 3 aliphatic rings. The summed E-state index contributed by atoms with van der Waals surface area (Å²) in [5.41, 5.74) is -0.635. The largest absolute Gasteiger partial charge is 0.490 e. The van der Waals surface area contributed by atoms with Crippen LogP contribution in [0.3, 0.4) is 0 Å². The molecular formula is C21H33BF2N2O4. The number of halogens is 2. The van der Waals surface area contributed by atoms with Crippen molar-refractivity contribution in [1.29, 1.82) is 0 Å². The zero-order valence-electron chi connectivity index (χ0n) is 19.1. The van der Waals surface area contributed by atoms with Crippen molar-refractivity contribution < 1.29 is 27.6 Å². The van der Waals surface area contributed by atoms with Crippen molar-refractivity contribution >= 4 is 13.2 Å². The van der Waals surface area contributed by atoms with Gasteiger partial charge in [0.15, 0.2) is 0 Å². The van der Waals surface area contributed by atoms with Crippen LogP contribution in [0.4, 0.5) is 13.6 Å². The molecule has 0 atom stereocenters. The van der Waals surface area contributed by atoms with Crippen molar-refractivity contribution in [2.45, 2.75) is 77.6 Å². The first-order valence-electron chi connectivity index (χ1n) is 10.5. The van der Waals surface area contributed by atoms with E-state index in [1.807, 2.05) is 33.8 Å². The Labute approximate surface area is 178 Å². The van der Waals surface area contributed by atoms with Crippen molar-refractivity contribution in [3.05, 3.63) is 23.3 Å². The molecule has 30 heavy (non-hydrogen) atoms. The molecule has 0 spiro atoms. The monoisotopic (exact) mass is 426 g/mol. The minimum Gasteiger partial charge on any atom is -0.444 e. The molecule has 9 heteroatoms. The molecule has 0 aromatic carbocycles. The molecule has 1 saturated heterocycles. The molecule has 0 aromatic heterocycles. The van der Waals surface area contributed by atoms with Crippen LogP contribution in [0.2, 0.25) is 0 Å². The molecule has 1 amide bonds. The van der Waals surface area contributed by atoms with Gasteiger partial charge in [0.1, 0.15) is 5.60 Å². The molecule has 0 aromatic rings. The van der Waals surface area contributed by atoms with E-state index in [4.69, 9.17) is 14.0 Å². The summed E-state index contributed by atoms with van der Waals surface area (Å²) in [5.74, 6) is -3.13. The second-order valence-corrected chi connectivity index (χ2v) is 10.2. The van der Waals surface area contributed by atoms with Crippen molar-refractivity contribution in [3.8, 4) is 0 Å². The predicted molar refractivity (Wildman–Crippen MR) is 111 cm³/mol. The van der Waals surface area contributed by atoms with Gasteiger partial charge in [0.25, 0.3) is 0 Å². The normalized spacial score (nSPS) is 25.7. The molecule has 6 nitrogen and oxygen atoms in total. The lowest BCUT2D eigenvalue weighted by Gasteiger charge is -2.39. The standard InChI is InChI=1S/C21H33BF2N2O4/c1-18(2,3)28-17(27)26-13-10-16(21(23,24)14-26)25-11-8-15(9-12-25)22-29-19(4,5)20(6,7)30-22/h8,10H,9,11-14H2,1-7H3. The van der Waals surface area contributed by atoms with Crippen LogP contribution in [0.1, 0.15) is 54.9 Å². The molecule has 3 rings (SSSR count). The van der Waals surface area contributed by atoms with Gasteiger partial charge >= 0.3 is 19.1 Å². The van der Waals surface area contributed by atoms with Gasteiger partial charge < -0.3 is 18.9 Å². The molecule has 0 saturated carbocycles. The number of hydrogen-bond acceptors (Lipinski definition) is 5. The smallest absolute Gasteiger partial charge is 0.444 e. The fourth-order valence-electron chi connectivity index (χ4n) is 3.67. The second kappa shape index (κ2) is 7.52. The van der Waals surface area contributed by atoms with Crippen LogP contribution in [0.5, 0.6) is 0 Å². The minimum atomic E-state index is -3.13. The molecule has 0 unspecified atom stereocenters. The Balaban J connectivity index is 1.66. The predicted octanol–water partition coefficient (Wildman–Crippen LogP) is 4.02. The lowest BCUT2D eigenvalue weighted by molar-refractivity contribution is -0.0391. The first-order valence-corrected chi connectivity index (χ1v) is 10.5. The van der Waals surface area contributed by atoms with Crippen LogP contribution in [-0.4, -0.2) is 71.9 Å². The van der Waals surface area contributed by atoms with Gasteiger partial charge in [-0.25, -0.2) is 4.79 Å². The van der Waals surface area contributed by atoms with E-state index in [-0.39, 0.29) is 12.2 Å². The summed E-state index contributed by atoms with van der Waals surface area (Å²) < 4.78 is 47.1. The summed E-state index contributed by atoms with van der Waals surface area (Å²) in [5, 5.41) is 0. The van der Waals surface area contributed by atoms with Crippen LogP contribution in [-0.2, 0) is 14.0 Å². The summed E-state index contributed by atoms with van der Waals surface area (Å²) in [4.78, 5) is 14.9. The second-order valence-electron chi connectivity index (χ2n) is 10.2.